The largest absolute Gasteiger partial charge is 0.347 e. The van der Waals surface area contributed by atoms with Crippen molar-refractivity contribution in [1.29, 1.82) is 5.26 Å². The van der Waals surface area contributed by atoms with Gasteiger partial charge in [0, 0.05) is 17.3 Å². The Morgan fingerprint density at radius 2 is 1.76 bits per heavy atom. The minimum absolute atomic E-state index is 0.174. The Morgan fingerprint density at radius 3 is 2.44 bits per heavy atom. The number of anilines is 1. The van der Waals surface area contributed by atoms with E-state index in [2.05, 4.69) is 5.32 Å². The van der Waals surface area contributed by atoms with Crippen molar-refractivity contribution < 1.29 is 14.0 Å². The van der Waals surface area contributed by atoms with Crippen molar-refractivity contribution in [1.82, 2.24) is 5.32 Å². The lowest BCUT2D eigenvalue weighted by Crippen LogP contribution is -2.32. The molecule has 2 amide bonds. The maximum absolute atomic E-state index is 13.5. The van der Waals surface area contributed by atoms with Crippen LogP contribution in [0.25, 0.3) is 0 Å². The monoisotopic (exact) mass is 491 g/mol. The SMILES string of the molecule is N#C/C(C(=O)NCc1ccccc1)=C1/S[C@H](Cc2cccc(Cl)c2)C(=O)N1c1ccc(F)cc1. The van der Waals surface area contributed by atoms with Crippen LogP contribution >= 0.6 is 23.4 Å². The Hall–Kier alpha value is -3.60. The van der Waals surface area contributed by atoms with Crippen molar-refractivity contribution in [2.24, 2.45) is 0 Å². The molecule has 5 nitrogen and oxygen atoms in total. The lowest BCUT2D eigenvalue weighted by atomic mass is 10.1. The van der Waals surface area contributed by atoms with Crippen molar-refractivity contribution in [2.75, 3.05) is 4.90 Å². The van der Waals surface area contributed by atoms with E-state index < -0.39 is 17.0 Å². The summed E-state index contributed by atoms with van der Waals surface area (Å²) >= 11 is 7.24. The molecule has 3 aromatic rings. The maximum Gasteiger partial charge on any atom is 0.264 e. The van der Waals surface area contributed by atoms with Gasteiger partial charge in [0.25, 0.3) is 5.91 Å². The summed E-state index contributed by atoms with van der Waals surface area (Å²) in [7, 11) is 0. The smallest absolute Gasteiger partial charge is 0.264 e. The van der Waals surface area contributed by atoms with Gasteiger partial charge < -0.3 is 5.32 Å². The van der Waals surface area contributed by atoms with Crippen LogP contribution in [0.3, 0.4) is 0 Å². The number of amides is 2. The number of carbonyl (C=O) groups is 2. The number of halogens is 2. The number of nitrogens with one attached hydrogen (secondary N) is 1. The normalized spacial score (nSPS) is 16.8. The molecule has 170 valence electrons. The number of nitrogens with zero attached hydrogens (tertiary/aromatic N) is 2. The summed E-state index contributed by atoms with van der Waals surface area (Å²) in [6, 6.07) is 23.8. The van der Waals surface area contributed by atoms with Gasteiger partial charge in [-0.1, -0.05) is 65.8 Å². The topological polar surface area (TPSA) is 73.2 Å². The standard InChI is InChI=1S/C26H19ClFN3O2S/c27-19-8-4-7-18(13-19)14-23-25(33)31(21-11-9-20(28)10-12-21)26(34-23)22(15-29)24(32)30-16-17-5-2-1-3-6-17/h1-13,23H,14,16H2,(H,30,32)/b26-22-/t23-/m1/s1. The second-order valence-corrected chi connectivity index (χ2v) is 9.18. The number of carbonyl (C=O) groups excluding carboxylic acids is 2. The number of nitriles is 1. The molecular weight excluding hydrogens is 473 g/mol. The highest BCUT2D eigenvalue weighted by Gasteiger charge is 2.40. The molecule has 0 unspecified atom stereocenters. The highest BCUT2D eigenvalue weighted by molar-refractivity contribution is 8.05. The fraction of sp³-hybridized carbons (Fsp3) is 0.115. The van der Waals surface area contributed by atoms with Crippen LogP contribution < -0.4 is 10.2 Å². The predicted molar refractivity (Wildman–Crippen MR) is 131 cm³/mol. The summed E-state index contributed by atoms with van der Waals surface area (Å²) in [6.45, 7) is 0.235. The van der Waals surface area contributed by atoms with E-state index >= 15 is 0 Å². The molecule has 1 aliphatic rings. The first kappa shape index (κ1) is 23.6. The predicted octanol–water partition coefficient (Wildman–Crippen LogP) is 5.22. The number of hydrogen-bond donors (Lipinski definition) is 1. The summed E-state index contributed by atoms with van der Waals surface area (Å²) in [5.74, 6) is -1.34. The zero-order valence-electron chi connectivity index (χ0n) is 17.9. The average molecular weight is 492 g/mol. The molecule has 0 aromatic heterocycles. The Bertz CT molecular complexity index is 1290. The molecule has 1 aliphatic heterocycles. The minimum Gasteiger partial charge on any atom is -0.347 e. The molecule has 1 saturated heterocycles. The Labute approximate surface area is 205 Å². The molecule has 0 spiro atoms. The molecule has 0 radical (unpaired) electrons. The Kier molecular flexibility index (Phi) is 7.31. The van der Waals surface area contributed by atoms with Crippen molar-refractivity contribution in [2.45, 2.75) is 18.2 Å². The van der Waals surface area contributed by atoms with Gasteiger partial charge in [-0.05, 0) is 53.9 Å². The van der Waals surface area contributed by atoms with Gasteiger partial charge in [-0.3, -0.25) is 14.5 Å². The lowest BCUT2D eigenvalue weighted by Gasteiger charge is -2.18. The highest BCUT2D eigenvalue weighted by Crippen LogP contribution is 2.42. The Balaban J connectivity index is 1.67. The fourth-order valence-electron chi connectivity index (χ4n) is 3.56. The summed E-state index contributed by atoms with van der Waals surface area (Å²) < 4.78 is 13.5. The van der Waals surface area contributed by atoms with Crippen molar-refractivity contribution in [3.8, 4) is 6.07 Å². The van der Waals surface area contributed by atoms with Gasteiger partial charge in [-0.25, -0.2) is 4.39 Å². The fourth-order valence-corrected chi connectivity index (χ4v) is 5.08. The van der Waals surface area contributed by atoms with Crippen LogP contribution in [0.2, 0.25) is 5.02 Å². The van der Waals surface area contributed by atoms with Crippen molar-refractivity contribution >= 4 is 40.9 Å². The lowest BCUT2D eigenvalue weighted by molar-refractivity contribution is -0.117. The summed E-state index contributed by atoms with van der Waals surface area (Å²) in [4.78, 5) is 27.7. The van der Waals surface area contributed by atoms with Crippen LogP contribution in [-0.2, 0) is 22.6 Å². The average Bonchev–Trinajstić information content (AvgIpc) is 3.15. The third-order valence-corrected chi connectivity index (χ3v) is 6.69. The summed E-state index contributed by atoms with van der Waals surface area (Å²) in [6.07, 6.45) is 0.357. The van der Waals surface area contributed by atoms with E-state index in [9.17, 15) is 19.2 Å². The zero-order chi connectivity index (χ0) is 24.1. The van der Waals surface area contributed by atoms with E-state index in [1.54, 1.807) is 18.2 Å². The van der Waals surface area contributed by atoms with Crippen LogP contribution in [0, 0.1) is 17.1 Å². The van der Waals surface area contributed by atoms with Crippen LogP contribution in [0.15, 0.2) is 89.5 Å². The van der Waals surface area contributed by atoms with Gasteiger partial charge in [-0.2, -0.15) is 5.26 Å². The third kappa shape index (κ3) is 5.30. The van der Waals surface area contributed by atoms with Crippen LogP contribution in [0.4, 0.5) is 10.1 Å². The molecule has 0 bridgehead atoms. The third-order valence-electron chi connectivity index (χ3n) is 5.20. The van der Waals surface area contributed by atoms with E-state index in [0.29, 0.717) is 17.1 Å². The van der Waals surface area contributed by atoms with Crippen molar-refractivity contribution in [3.63, 3.8) is 0 Å². The quantitative estimate of drug-likeness (QED) is 0.379. The molecule has 4 rings (SSSR count). The molecular formula is C26H19ClFN3O2S. The van der Waals surface area contributed by atoms with E-state index in [0.717, 1.165) is 22.9 Å². The molecule has 3 aromatic carbocycles. The molecule has 0 saturated carbocycles. The van der Waals surface area contributed by atoms with E-state index in [1.807, 2.05) is 42.5 Å². The second-order valence-electron chi connectivity index (χ2n) is 7.55. The van der Waals surface area contributed by atoms with E-state index in [-0.39, 0.29) is 23.1 Å². The zero-order valence-corrected chi connectivity index (χ0v) is 19.4. The van der Waals surface area contributed by atoms with Crippen LogP contribution in [0.5, 0.6) is 0 Å². The van der Waals surface area contributed by atoms with Crippen LogP contribution in [0.1, 0.15) is 11.1 Å². The Morgan fingerprint density at radius 1 is 1.06 bits per heavy atom. The first-order valence-electron chi connectivity index (χ1n) is 10.4. The van der Waals surface area contributed by atoms with Gasteiger partial charge >= 0.3 is 0 Å². The number of benzene rings is 3. The molecule has 0 aliphatic carbocycles. The first-order valence-corrected chi connectivity index (χ1v) is 11.7. The molecule has 34 heavy (non-hydrogen) atoms. The van der Waals surface area contributed by atoms with Gasteiger partial charge in [0.2, 0.25) is 5.91 Å². The summed E-state index contributed by atoms with van der Waals surface area (Å²) in [5.41, 5.74) is 1.94. The van der Waals surface area contributed by atoms with Gasteiger partial charge in [0.1, 0.15) is 22.5 Å². The molecule has 1 heterocycles. The molecule has 1 N–H and O–H groups in total. The minimum atomic E-state index is -0.586. The number of thioether (sulfide) groups is 1. The molecule has 1 fully saturated rings. The maximum atomic E-state index is 13.5. The first-order chi connectivity index (χ1) is 16.5. The number of rotatable bonds is 6. The molecule has 8 heteroatoms. The van der Waals surface area contributed by atoms with Crippen molar-refractivity contribution in [3.05, 3.63) is 111 Å². The number of hydrogen-bond acceptors (Lipinski definition) is 4. The molecule has 1 atom stereocenters. The highest BCUT2D eigenvalue weighted by atomic mass is 35.5. The summed E-state index contributed by atoms with van der Waals surface area (Å²) in [5, 5.41) is 12.8. The van der Waals surface area contributed by atoms with E-state index in [1.165, 1.54) is 29.2 Å². The van der Waals surface area contributed by atoms with Gasteiger partial charge in [0.15, 0.2) is 0 Å². The second kappa shape index (κ2) is 10.6. The van der Waals surface area contributed by atoms with Crippen LogP contribution in [-0.4, -0.2) is 17.1 Å². The van der Waals surface area contributed by atoms with Gasteiger partial charge in [-0.15, -0.1) is 0 Å². The van der Waals surface area contributed by atoms with Gasteiger partial charge in [0.05, 0.1) is 5.25 Å². The van der Waals surface area contributed by atoms with E-state index in [4.69, 9.17) is 11.6 Å².